The van der Waals surface area contributed by atoms with Crippen molar-refractivity contribution in [1.29, 1.82) is 0 Å². The highest BCUT2D eigenvalue weighted by Crippen LogP contribution is 2.29. The molecule has 2 amide bonds. The minimum absolute atomic E-state index is 0.00616. The van der Waals surface area contributed by atoms with Crippen LogP contribution in [-0.2, 0) is 4.79 Å². The molecule has 1 aliphatic carbocycles. The van der Waals surface area contributed by atoms with Crippen molar-refractivity contribution in [1.82, 2.24) is 9.80 Å². The molecular formula is C13H22N2O4. The Morgan fingerprint density at radius 2 is 1.89 bits per heavy atom. The minimum atomic E-state index is -0.875. The number of piperidine rings is 1. The van der Waals surface area contributed by atoms with Crippen LogP contribution >= 0.6 is 0 Å². The number of urea groups is 1. The predicted molar refractivity (Wildman–Crippen MR) is 68.8 cm³/mol. The van der Waals surface area contributed by atoms with Gasteiger partial charge in [-0.15, -0.1) is 0 Å². The summed E-state index contributed by atoms with van der Waals surface area (Å²) in [5.74, 6) is -0.875. The number of hydrogen-bond acceptors (Lipinski definition) is 3. The number of carbonyl (C=O) groups is 2. The summed E-state index contributed by atoms with van der Waals surface area (Å²) >= 11 is 0. The van der Waals surface area contributed by atoms with Gasteiger partial charge >= 0.3 is 12.0 Å². The summed E-state index contributed by atoms with van der Waals surface area (Å²) in [6, 6.07) is 0.147. The molecule has 2 aliphatic rings. The molecule has 0 aromatic heterocycles. The van der Waals surface area contributed by atoms with Crippen molar-refractivity contribution >= 4 is 12.0 Å². The zero-order chi connectivity index (χ0) is 14.0. The number of carboxylic acids is 1. The van der Waals surface area contributed by atoms with Gasteiger partial charge in [0.05, 0.1) is 12.0 Å². The van der Waals surface area contributed by atoms with Gasteiger partial charge in [-0.1, -0.05) is 0 Å². The van der Waals surface area contributed by atoms with E-state index in [0.717, 1.165) is 12.8 Å². The number of aliphatic hydroxyl groups is 1. The Morgan fingerprint density at radius 1 is 1.32 bits per heavy atom. The maximum Gasteiger partial charge on any atom is 0.320 e. The van der Waals surface area contributed by atoms with Crippen LogP contribution in [0.2, 0.25) is 0 Å². The van der Waals surface area contributed by atoms with Crippen LogP contribution in [-0.4, -0.2) is 63.3 Å². The summed E-state index contributed by atoms with van der Waals surface area (Å²) in [6.07, 6.45) is 3.09. The van der Waals surface area contributed by atoms with E-state index in [-0.39, 0.29) is 25.0 Å². The van der Waals surface area contributed by atoms with Crippen molar-refractivity contribution in [2.24, 2.45) is 0 Å². The zero-order valence-corrected chi connectivity index (χ0v) is 11.3. The minimum Gasteiger partial charge on any atom is -0.481 e. The quantitative estimate of drug-likeness (QED) is 0.795. The number of likely N-dealkylation sites (tertiary alicyclic amines) is 1. The van der Waals surface area contributed by atoms with Crippen molar-refractivity contribution in [3.05, 3.63) is 0 Å². The number of carboxylic acid groups (broad SMARTS) is 1. The van der Waals surface area contributed by atoms with Gasteiger partial charge in [0.2, 0.25) is 0 Å². The Bertz CT molecular complexity index is 356. The predicted octanol–water partition coefficient (Wildman–Crippen LogP) is 0.892. The number of carbonyl (C=O) groups excluding carboxylic acids is 1. The Labute approximate surface area is 113 Å². The van der Waals surface area contributed by atoms with Crippen LogP contribution in [0.5, 0.6) is 0 Å². The van der Waals surface area contributed by atoms with Crippen molar-refractivity contribution < 1.29 is 19.8 Å². The van der Waals surface area contributed by atoms with E-state index < -0.39 is 11.6 Å². The van der Waals surface area contributed by atoms with E-state index >= 15 is 0 Å². The first-order valence-corrected chi connectivity index (χ1v) is 6.89. The molecule has 2 rings (SSSR count). The molecule has 1 saturated carbocycles. The molecule has 0 aromatic rings. The number of aliphatic carboxylic acids is 1. The van der Waals surface area contributed by atoms with E-state index in [1.165, 1.54) is 0 Å². The molecule has 1 saturated heterocycles. The number of rotatable bonds is 4. The molecule has 108 valence electrons. The van der Waals surface area contributed by atoms with Gasteiger partial charge < -0.3 is 20.0 Å². The monoisotopic (exact) mass is 270 g/mol. The first-order chi connectivity index (χ1) is 8.89. The third-order valence-electron chi connectivity index (χ3n) is 3.91. The zero-order valence-electron chi connectivity index (χ0n) is 11.3. The van der Waals surface area contributed by atoms with Gasteiger partial charge in [-0.3, -0.25) is 4.79 Å². The lowest BCUT2D eigenvalue weighted by Crippen LogP contribution is -2.51. The molecular weight excluding hydrogens is 248 g/mol. The molecule has 2 N–H and O–H groups in total. The fraction of sp³-hybridized carbons (Fsp3) is 0.846. The lowest BCUT2D eigenvalue weighted by Gasteiger charge is -2.38. The SMILES string of the molecule is CC1(O)CCN(C(=O)N(CCC(=O)O)C2CC2)CC1. The molecule has 0 bridgehead atoms. The van der Waals surface area contributed by atoms with Gasteiger partial charge in [-0.25, -0.2) is 4.79 Å². The van der Waals surface area contributed by atoms with E-state index in [4.69, 9.17) is 5.11 Å². The van der Waals surface area contributed by atoms with Gasteiger partial charge in [-0.05, 0) is 32.6 Å². The van der Waals surface area contributed by atoms with Crippen LogP contribution in [0.25, 0.3) is 0 Å². The van der Waals surface area contributed by atoms with Crippen LogP contribution in [0, 0.1) is 0 Å². The van der Waals surface area contributed by atoms with Crippen LogP contribution in [0.4, 0.5) is 4.79 Å². The first-order valence-electron chi connectivity index (χ1n) is 6.89. The number of nitrogens with zero attached hydrogens (tertiary/aromatic N) is 2. The highest BCUT2D eigenvalue weighted by Gasteiger charge is 2.37. The summed E-state index contributed by atoms with van der Waals surface area (Å²) in [5.41, 5.74) is -0.678. The van der Waals surface area contributed by atoms with Crippen molar-refractivity contribution in [3.8, 4) is 0 Å². The summed E-state index contributed by atoms with van der Waals surface area (Å²) in [6.45, 7) is 3.16. The van der Waals surface area contributed by atoms with Gasteiger partial charge in [0.1, 0.15) is 0 Å². The molecule has 1 heterocycles. The maximum absolute atomic E-state index is 12.4. The highest BCUT2D eigenvalue weighted by atomic mass is 16.4. The lowest BCUT2D eigenvalue weighted by atomic mass is 9.94. The largest absolute Gasteiger partial charge is 0.481 e. The number of hydrogen-bond donors (Lipinski definition) is 2. The van der Waals surface area contributed by atoms with Crippen LogP contribution in [0.3, 0.4) is 0 Å². The summed E-state index contributed by atoms with van der Waals surface area (Å²) in [7, 11) is 0. The Hall–Kier alpha value is -1.30. The molecule has 0 spiro atoms. The van der Waals surface area contributed by atoms with Crippen LogP contribution in [0.15, 0.2) is 0 Å². The fourth-order valence-electron chi connectivity index (χ4n) is 2.40. The van der Waals surface area contributed by atoms with Gasteiger partial charge in [-0.2, -0.15) is 0 Å². The Kier molecular flexibility index (Phi) is 3.99. The molecule has 0 atom stereocenters. The fourth-order valence-corrected chi connectivity index (χ4v) is 2.40. The Morgan fingerprint density at radius 3 is 2.37 bits per heavy atom. The van der Waals surface area contributed by atoms with Crippen LogP contribution in [0.1, 0.15) is 39.0 Å². The molecule has 19 heavy (non-hydrogen) atoms. The van der Waals surface area contributed by atoms with E-state index in [2.05, 4.69) is 0 Å². The van der Waals surface area contributed by atoms with Gasteiger partial charge in [0.25, 0.3) is 0 Å². The van der Waals surface area contributed by atoms with E-state index in [1.54, 1.807) is 16.7 Å². The molecule has 6 nitrogen and oxygen atoms in total. The van der Waals surface area contributed by atoms with Crippen molar-refractivity contribution in [2.45, 2.75) is 50.7 Å². The van der Waals surface area contributed by atoms with Crippen LogP contribution < -0.4 is 0 Å². The molecule has 6 heteroatoms. The standard InChI is InChI=1S/C13H22N2O4/c1-13(19)5-8-14(9-6-13)12(18)15(10-2-3-10)7-4-11(16)17/h10,19H,2-9H2,1H3,(H,16,17). The third kappa shape index (κ3) is 3.83. The molecule has 1 aliphatic heterocycles. The van der Waals surface area contributed by atoms with Gasteiger partial charge in [0.15, 0.2) is 0 Å². The van der Waals surface area contributed by atoms with E-state index in [0.29, 0.717) is 25.9 Å². The second-order valence-corrected chi connectivity index (χ2v) is 5.83. The second-order valence-electron chi connectivity index (χ2n) is 5.83. The molecule has 2 fully saturated rings. The average molecular weight is 270 g/mol. The molecule has 0 aromatic carbocycles. The Balaban J connectivity index is 1.90. The summed E-state index contributed by atoms with van der Waals surface area (Å²) in [5, 5.41) is 18.6. The summed E-state index contributed by atoms with van der Waals surface area (Å²) < 4.78 is 0. The number of amides is 2. The average Bonchev–Trinajstić information content (AvgIpc) is 3.13. The first kappa shape index (κ1) is 14.1. The lowest BCUT2D eigenvalue weighted by molar-refractivity contribution is -0.137. The molecule has 0 radical (unpaired) electrons. The van der Waals surface area contributed by atoms with E-state index in [1.807, 2.05) is 0 Å². The van der Waals surface area contributed by atoms with Gasteiger partial charge in [0, 0.05) is 25.7 Å². The van der Waals surface area contributed by atoms with Crippen molar-refractivity contribution in [3.63, 3.8) is 0 Å². The highest BCUT2D eigenvalue weighted by molar-refractivity contribution is 5.76. The summed E-state index contributed by atoms with van der Waals surface area (Å²) in [4.78, 5) is 26.4. The topological polar surface area (TPSA) is 81.1 Å². The normalized spacial score (nSPS) is 22.1. The second kappa shape index (κ2) is 5.36. The smallest absolute Gasteiger partial charge is 0.320 e. The maximum atomic E-state index is 12.4. The van der Waals surface area contributed by atoms with Crippen molar-refractivity contribution in [2.75, 3.05) is 19.6 Å². The molecule has 0 unspecified atom stereocenters. The van der Waals surface area contributed by atoms with E-state index in [9.17, 15) is 14.7 Å². The third-order valence-corrected chi connectivity index (χ3v) is 3.91.